The quantitative estimate of drug-likeness (QED) is 0.689. The molecule has 1 aliphatic heterocycles. The summed E-state index contributed by atoms with van der Waals surface area (Å²) >= 11 is 0. The van der Waals surface area contributed by atoms with Crippen molar-refractivity contribution in [2.45, 2.75) is 6.54 Å². The number of nitriles is 1. The van der Waals surface area contributed by atoms with Gasteiger partial charge in [0.05, 0.1) is 24.0 Å². The van der Waals surface area contributed by atoms with Crippen LogP contribution in [0.4, 0.5) is 5.69 Å². The zero-order valence-corrected chi connectivity index (χ0v) is 14.7. The standard InChI is InChI=1S/C18H13N5O3S/c19-10-15-3-1-2-4-17(15)23(22-8-7-20-13-22)12-14-5-6-18-16(9-14)11-21-27(24,25)26-18/h1-9,11,13H,12H2. The third-order valence-corrected chi connectivity index (χ3v) is 4.75. The minimum atomic E-state index is -3.91. The van der Waals surface area contributed by atoms with Crippen molar-refractivity contribution in [1.82, 2.24) is 9.66 Å². The first-order valence-corrected chi connectivity index (χ1v) is 9.30. The molecule has 1 aliphatic rings. The average Bonchev–Trinajstić information content (AvgIpc) is 3.20. The van der Waals surface area contributed by atoms with Gasteiger partial charge in [-0.1, -0.05) is 18.2 Å². The SMILES string of the molecule is N#Cc1ccccc1N(Cc1ccc2c(c1)C=NS(=O)(=O)O2)n1ccnc1. The summed E-state index contributed by atoms with van der Waals surface area (Å²) in [6, 6.07) is 14.6. The predicted octanol–water partition coefficient (Wildman–Crippen LogP) is 2.28. The maximum atomic E-state index is 11.4. The van der Waals surface area contributed by atoms with E-state index in [9.17, 15) is 13.7 Å². The second-order valence-corrected chi connectivity index (χ2v) is 6.98. The van der Waals surface area contributed by atoms with Crippen molar-refractivity contribution in [1.29, 1.82) is 5.26 Å². The number of hydrogen-bond acceptors (Lipinski definition) is 6. The van der Waals surface area contributed by atoms with Crippen molar-refractivity contribution in [3.8, 4) is 11.8 Å². The van der Waals surface area contributed by atoms with Crippen LogP contribution in [-0.4, -0.2) is 24.3 Å². The Balaban J connectivity index is 1.73. The van der Waals surface area contributed by atoms with Gasteiger partial charge in [-0.25, -0.2) is 9.66 Å². The third-order valence-electron chi connectivity index (χ3n) is 3.99. The van der Waals surface area contributed by atoms with Crippen molar-refractivity contribution in [3.05, 3.63) is 77.9 Å². The molecule has 0 aliphatic carbocycles. The molecule has 4 rings (SSSR count). The second kappa shape index (κ2) is 6.59. The van der Waals surface area contributed by atoms with Gasteiger partial charge in [-0.05, 0) is 29.8 Å². The fraction of sp³-hybridized carbons (Fsp3) is 0.0556. The van der Waals surface area contributed by atoms with E-state index in [2.05, 4.69) is 15.5 Å². The van der Waals surface area contributed by atoms with Crippen LogP contribution in [0.1, 0.15) is 16.7 Å². The van der Waals surface area contributed by atoms with Crippen LogP contribution < -0.4 is 9.19 Å². The molecule has 0 atom stereocenters. The summed E-state index contributed by atoms with van der Waals surface area (Å²) in [4.78, 5) is 4.08. The molecule has 0 unspecified atom stereocenters. The van der Waals surface area contributed by atoms with E-state index in [1.165, 1.54) is 6.21 Å². The van der Waals surface area contributed by atoms with Gasteiger partial charge in [0.25, 0.3) is 0 Å². The Morgan fingerprint density at radius 3 is 2.85 bits per heavy atom. The highest BCUT2D eigenvalue weighted by molar-refractivity contribution is 7.86. The Morgan fingerprint density at radius 2 is 2.07 bits per heavy atom. The molecule has 2 aromatic carbocycles. The molecule has 0 saturated carbocycles. The number of hydrogen-bond donors (Lipinski definition) is 0. The number of para-hydroxylation sites is 1. The number of anilines is 1. The number of aromatic nitrogens is 2. The molecule has 0 fully saturated rings. The van der Waals surface area contributed by atoms with Gasteiger partial charge in [0.15, 0.2) is 5.75 Å². The van der Waals surface area contributed by atoms with Gasteiger partial charge in [0, 0.05) is 18.0 Å². The molecular formula is C18H13N5O3S. The highest BCUT2D eigenvalue weighted by Crippen LogP contribution is 2.27. The first kappa shape index (κ1) is 16.8. The van der Waals surface area contributed by atoms with Gasteiger partial charge < -0.3 is 4.18 Å². The molecule has 0 amide bonds. The maximum Gasteiger partial charge on any atom is 0.428 e. The van der Waals surface area contributed by atoms with E-state index in [1.807, 2.05) is 17.1 Å². The number of nitrogens with zero attached hydrogens (tertiary/aromatic N) is 5. The monoisotopic (exact) mass is 379 g/mol. The van der Waals surface area contributed by atoms with E-state index in [4.69, 9.17) is 4.18 Å². The van der Waals surface area contributed by atoms with E-state index in [-0.39, 0.29) is 5.75 Å². The zero-order chi connectivity index (χ0) is 18.9. The van der Waals surface area contributed by atoms with Crippen molar-refractivity contribution in [2.75, 3.05) is 5.01 Å². The average molecular weight is 379 g/mol. The summed E-state index contributed by atoms with van der Waals surface area (Å²) in [6.45, 7) is 0.420. The van der Waals surface area contributed by atoms with E-state index < -0.39 is 10.3 Å². The van der Waals surface area contributed by atoms with Crippen LogP contribution >= 0.6 is 0 Å². The van der Waals surface area contributed by atoms with Gasteiger partial charge in [-0.15, -0.1) is 4.40 Å². The number of imidazole rings is 1. The number of fused-ring (bicyclic) bond motifs is 1. The lowest BCUT2D eigenvalue weighted by molar-refractivity contribution is 0.485. The minimum absolute atomic E-state index is 0.236. The molecule has 134 valence electrons. The van der Waals surface area contributed by atoms with Crippen LogP contribution in [0, 0.1) is 11.3 Å². The molecule has 0 bridgehead atoms. The zero-order valence-electron chi connectivity index (χ0n) is 13.9. The van der Waals surface area contributed by atoms with Gasteiger partial charge in [-0.2, -0.15) is 13.7 Å². The highest BCUT2D eigenvalue weighted by atomic mass is 32.2. The highest BCUT2D eigenvalue weighted by Gasteiger charge is 2.20. The molecule has 27 heavy (non-hydrogen) atoms. The van der Waals surface area contributed by atoms with E-state index in [0.717, 1.165) is 11.3 Å². The normalized spacial score (nSPS) is 14.0. The predicted molar refractivity (Wildman–Crippen MR) is 98.5 cm³/mol. The Morgan fingerprint density at radius 1 is 1.22 bits per heavy atom. The largest absolute Gasteiger partial charge is 0.428 e. The van der Waals surface area contributed by atoms with Crippen LogP contribution in [0.15, 0.2) is 65.6 Å². The van der Waals surface area contributed by atoms with Crippen LogP contribution in [0.5, 0.6) is 5.75 Å². The Kier molecular flexibility index (Phi) is 4.10. The van der Waals surface area contributed by atoms with Gasteiger partial charge >= 0.3 is 10.3 Å². The van der Waals surface area contributed by atoms with Gasteiger partial charge in [0.1, 0.15) is 12.4 Å². The van der Waals surface area contributed by atoms with E-state index >= 15 is 0 Å². The van der Waals surface area contributed by atoms with E-state index in [1.54, 1.807) is 53.7 Å². The van der Waals surface area contributed by atoms with Crippen LogP contribution in [0.25, 0.3) is 0 Å². The topological polar surface area (TPSA) is 101 Å². The first-order chi connectivity index (χ1) is 13.1. The molecule has 0 spiro atoms. The molecule has 3 aromatic rings. The molecule has 8 nitrogen and oxygen atoms in total. The van der Waals surface area contributed by atoms with Crippen LogP contribution in [-0.2, 0) is 16.8 Å². The lowest BCUT2D eigenvalue weighted by Crippen LogP contribution is -2.28. The Labute approximate surface area is 155 Å². The van der Waals surface area contributed by atoms with Gasteiger partial charge in [-0.3, -0.25) is 5.01 Å². The summed E-state index contributed by atoms with van der Waals surface area (Å²) in [6.07, 6.45) is 6.34. The summed E-state index contributed by atoms with van der Waals surface area (Å²) < 4.78 is 32.9. The fourth-order valence-electron chi connectivity index (χ4n) is 2.78. The van der Waals surface area contributed by atoms with Crippen molar-refractivity contribution in [3.63, 3.8) is 0 Å². The summed E-state index contributed by atoms with van der Waals surface area (Å²) in [5.41, 5.74) is 2.70. The Hall–Kier alpha value is -3.64. The number of rotatable bonds is 4. The van der Waals surface area contributed by atoms with Crippen LogP contribution in [0.2, 0.25) is 0 Å². The summed E-state index contributed by atoms with van der Waals surface area (Å²) in [7, 11) is -3.91. The van der Waals surface area contributed by atoms with E-state index in [0.29, 0.717) is 17.7 Å². The smallest absolute Gasteiger partial charge is 0.365 e. The lowest BCUT2D eigenvalue weighted by atomic mass is 10.1. The second-order valence-electron chi connectivity index (χ2n) is 5.75. The molecular weight excluding hydrogens is 366 g/mol. The number of benzene rings is 2. The molecule has 0 radical (unpaired) electrons. The van der Waals surface area contributed by atoms with Crippen molar-refractivity contribution in [2.24, 2.45) is 4.40 Å². The third kappa shape index (κ3) is 3.38. The Bertz CT molecular complexity index is 1160. The minimum Gasteiger partial charge on any atom is -0.365 e. The molecule has 1 aromatic heterocycles. The van der Waals surface area contributed by atoms with Crippen LogP contribution in [0.3, 0.4) is 0 Å². The first-order valence-electron chi connectivity index (χ1n) is 7.93. The molecule has 0 saturated heterocycles. The fourth-order valence-corrected chi connectivity index (χ4v) is 3.45. The maximum absolute atomic E-state index is 11.4. The van der Waals surface area contributed by atoms with Gasteiger partial charge in [0.2, 0.25) is 0 Å². The van der Waals surface area contributed by atoms with Crippen molar-refractivity contribution < 1.29 is 12.6 Å². The van der Waals surface area contributed by atoms with Crippen molar-refractivity contribution >= 4 is 22.2 Å². The molecule has 2 heterocycles. The molecule has 0 N–H and O–H groups in total. The molecule has 9 heteroatoms. The summed E-state index contributed by atoms with van der Waals surface area (Å²) in [5, 5.41) is 11.3. The lowest BCUT2D eigenvalue weighted by Gasteiger charge is -2.26. The summed E-state index contributed by atoms with van der Waals surface area (Å²) in [5.74, 6) is 0.236.